The number of rotatable bonds is 1. The molecule has 62 valence electrons. The summed E-state index contributed by atoms with van der Waals surface area (Å²) in [5, 5.41) is 0. The highest BCUT2D eigenvalue weighted by Crippen LogP contribution is 2.38. The van der Waals surface area contributed by atoms with Crippen LogP contribution in [0.15, 0.2) is 0 Å². The van der Waals surface area contributed by atoms with Crippen LogP contribution >= 0.6 is 0 Å². The van der Waals surface area contributed by atoms with Gasteiger partial charge in [-0.05, 0) is 13.3 Å². The quantitative estimate of drug-likeness (QED) is 0.524. The molecule has 0 aromatic heterocycles. The summed E-state index contributed by atoms with van der Waals surface area (Å²) in [4.78, 5) is 0. The molecule has 0 aromatic carbocycles. The van der Waals surface area contributed by atoms with Gasteiger partial charge in [-0.1, -0.05) is 13.8 Å². The van der Waals surface area contributed by atoms with Crippen LogP contribution in [0.1, 0.15) is 27.2 Å². The Kier molecular flexibility index (Phi) is 2.28. The van der Waals surface area contributed by atoms with Gasteiger partial charge in [0.05, 0.1) is 12.1 Å². The number of alkyl halides is 1. The molecule has 0 spiro atoms. The molecule has 0 saturated carbocycles. The third-order valence-electron chi connectivity index (χ3n) is 2.73. The Morgan fingerprint density at radius 1 is 1.64 bits per heavy atom. The summed E-state index contributed by atoms with van der Waals surface area (Å²) in [6.45, 7) is 5.34. The number of ether oxygens (including phenoxy) is 1. The Hall–Kier alpha value is -0.0451. The minimum atomic E-state index is -1.36. The fourth-order valence-electron chi connectivity index (χ4n) is 1.51. The molecule has 0 aromatic rings. The molecule has 0 amide bonds. The highest BCUT2D eigenvalue weighted by Gasteiger charge is 2.48. The van der Waals surface area contributed by atoms with Crippen molar-refractivity contribution in [1.29, 1.82) is 0 Å². The van der Waals surface area contributed by atoms with E-state index in [0.29, 0.717) is 0 Å². The lowest BCUT2D eigenvalue weighted by atomic mass is 9.79. The molecule has 0 bridgehead atoms. The molecule has 1 aliphatic rings. The first-order chi connectivity index (χ1) is 5.00. The predicted molar refractivity (Wildman–Crippen MR) is 43.4 cm³/mol. The lowest BCUT2D eigenvalue weighted by molar-refractivity contribution is 0.0542. The number of halogens is 1. The molecule has 1 rings (SSSR count). The van der Waals surface area contributed by atoms with Crippen molar-refractivity contribution in [3.05, 3.63) is 0 Å². The monoisotopic (exact) mass is 156 g/mol. The summed E-state index contributed by atoms with van der Waals surface area (Å²) in [5.74, 6) is -0.0949. The fourth-order valence-corrected chi connectivity index (χ4v) is 1.51. The SMILES string of the molecule is [B][C@@H]1O[C@H](CC)[C@@H](C)[C@@]1(C)F. The second kappa shape index (κ2) is 2.78. The summed E-state index contributed by atoms with van der Waals surface area (Å²) >= 11 is 0. The molecular formula is C8H14BFO. The summed E-state index contributed by atoms with van der Waals surface area (Å²) < 4.78 is 18.8. The Morgan fingerprint density at radius 2 is 2.18 bits per heavy atom. The van der Waals surface area contributed by atoms with Crippen molar-refractivity contribution < 1.29 is 9.13 Å². The van der Waals surface area contributed by atoms with Gasteiger partial charge in [0, 0.05) is 5.92 Å². The van der Waals surface area contributed by atoms with Crippen molar-refractivity contribution in [2.75, 3.05) is 0 Å². The molecule has 0 aliphatic carbocycles. The highest BCUT2D eigenvalue weighted by atomic mass is 19.1. The van der Waals surface area contributed by atoms with E-state index in [2.05, 4.69) is 0 Å². The lowest BCUT2D eigenvalue weighted by Crippen LogP contribution is -2.35. The van der Waals surface area contributed by atoms with E-state index in [1.807, 2.05) is 13.8 Å². The zero-order valence-electron chi connectivity index (χ0n) is 7.30. The standard InChI is InChI=1S/C8H14BFO/c1-4-6-5(2)8(3,10)7(9)11-6/h5-7H,4H2,1-3H3/t5-,6-,7-,8-/m1/s1. The molecule has 2 radical (unpaired) electrons. The molecule has 0 unspecified atom stereocenters. The first-order valence-electron chi connectivity index (χ1n) is 4.10. The number of hydrogen-bond donors (Lipinski definition) is 0. The third-order valence-corrected chi connectivity index (χ3v) is 2.73. The van der Waals surface area contributed by atoms with Crippen molar-refractivity contribution in [3.63, 3.8) is 0 Å². The first kappa shape index (κ1) is 9.05. The maximum Gasteiger partial charge on any atom is 0.130 e. The van der Waals surface area contributed by atoms with Crippen LogP contribution in [0, 0.1) is 5.92 Å². The average Bonchev–Trinajstić information content (AvgIpc) is 2.14. The maximum absolute atomic E-state index is 13.6. The van der Waals surface area contributed by atoms with Gasteiger partial charge in [0.2, 0.25) is 0 Å². The Bertz CT molecular complexity index is 149. The second-order valence-electron chi connectivity index (χ2n) is 3.44. The van der Waals surface area contributed by atoms with Gasteiger partial charge >= 0.3 is 0 Å². The van der Waals surface area contributed by atoms with E-state index in [9.17, 15) is 4.39 Å². The fraction of sp³-hybridized carbons (Fsp3) is 1.00. The third kappa shape index (κ3) is 1.31. The van der Waals surface area contributed by atoms with Gasteiger partial charge < -0.3 is 4.74 Å². The highest BCUT2D eigenvalue weighted by molar-refractivity contribution is 6.12. The van der Waals surface area contributed by atoms with Crippen molar-refractivity contribution in [3.8, 4) is 0 Å². The minimum absolute atomic E-state index is 0.0139. The summed E-state index contributed by atoms with van der Waals surface area (Å²) in [6, 6.07) is -0.748. The van der Waals surface area contributed by atoms with E-state index >= 15 is 0 Å². The predicted octanol–water partition coefficient (Wildman–Crippen LogP) is 1.65. The molecule has 1 heterocycles. The van der Waals surface area contributed by atoms with Crippen LogP contribution in [-0.4, -0.2) is 25.6 Å². The van der Waals surface area contributed by atoms with Gasteiger partial charge in [0.25, 0.3) is 0 Å². The van der Waals surface area contributed by atoms with Gasteiger partial charge in [-0.2, -0.15) is 0 Å². The van der Waals surface area contributed by atoms with Crippen molar-refractivity contribution in [2.45, 2.75) is 45.0 Å². The van der Waals surface area contributed by atoms with Crippen LogP contribution < -0.4 is 0 Å². The van der Waals surface area contributed by atoms with Gasteiger partial charge in [-0.3, -0.25) is 0 Å². The molecule has 1 aliphatic heterocycles. The lowest BCUT2D eigenvalue weighted by Gasteiger charge is -2.22. The minimum Gasteiger partial charge on any atom is -0.381 e. The summed E-state index contributed by atoms with van der Waals surface area (Å²) in [6.07, 6.45) is 0.814. The molecule has 1 fully saturated rings. The van der Waals surface area contributed by atoms with E-state index in [1.165, 1.54) is 6.92 Å². The maximum atomic E-state index is 13.6. The van der Waals surface area contributed by atoms with Crippen LogP contribution in [0.4, 0.5) is 4.39 Å². The molecule has 11 heavy (non-hydrogen) atoms. The molecular weight excluding hydrogens is 142 g/mol. The van der Waals surface area contributed by atoms with Gasteiger partial charge in [-0.15, -0.1) is 0 Å². The van der Waals surface area contributed by atoms with E-state index in [-0.39, 0.29) is 12.0 Å². The zero-order valence-corrected chi connectivity index (χ0v) is 7.30. The topological polar surface area (TPSA) is 9.23 Å². The second-order valence-corrected chi connectivity index (χ2v) is 3.44. The van der Waals surface area contributed by atoms with Crippen molar-refractivity contribution in [1.82, 2.24) is 0 Å². The summed E-state index contributed by atoms with van der Waals surface area (Å²) in [7, 11) is 5.47. The molecule has 0 N–H and O–H groups in total. The first-order valence-corrected chi connectivity index (χ1v) is 4.10. The average molecular weight is 156 g/mol. The smallest absolute Gasteiger partial charge is 0.130 e. The van der Waals surface area contributed by atoms with E-state index in [4.69, 9.17) is 12.6 Å². The van der Waals surface area contributed by atoms with E-state index in [0.717, 1.165) is 6.42 Å². The van der Waals surface area contributed by atoms with Crippen LogP contribution in [0.25, 0.3) is 0 Å². The Labute approximate surface area is 68.7 Å². The molecule has 1 nitrogen and oxygen atoms in total. The molecule has 1 saturated heterocycles. The molecule has 3 heteroatoms. The van der Waals surface area contributed by atoms with E-state index in [1.54, 1.807) is 0 Å². The van der Waals surface area contributed by atoms with Crippen LogP contribution in [0.5, 0.6) is 0 Å². The normalized spacial score (nSPS) is 51.5. The van der Waals surface area contributed by atoms with Crippen LogP contribution in [0.2, 0.25) is 0 Å². The van der Waals surface area contributed by atoms with Gasteiger partial charge in [-0.25, -0.2) is 4.39 Å². The van der Waals surface area contributed by atoms with Gasteiger partial charge in [0.1, 0.15) is 13.5 Å². The van der Waals surface area contributed by atoms with Gasteiger partial charge in [0.15, 0.2) is 0 Å². The van der Waals surface area contributed by atoms with Crippen molar-refractivity contribution in [2.24, 2.45) is 5.92 Å². The van der Waals surface area contributed by atoms with Crippen LogP contribution in [-0.2, 0) is 4.74 Å². The molecule has 4 atom stereocenters. The Balaban J connectivity index is 2.71. The summed E-state index contributed by atoms with van der Waals surface area (Å²) in [5.41, 5.74) is -1.36. The van der Waals surface area contributed by atoms with Crippen LogP contribution in [0.3, 0.4) is 0 Å². The van der Waals surface area contributed by atoms with Crippen molar-refractivity contribution >= 4 is 7.85 Å². The Morgan fingerprint density at radius 3 is 2.36 bits per heavy atom. The zero-order chi connectivity index (χ0) is 8.65. The van der Waals surface area contributed by atoms with E-state index < -0.39 is 11.7 Å². The number of hydrogen-bond acceptors (Lipinski definition) is 1. The largest absolute Gasteiger partial charge is 0.381 e.